The minimum absolute atomic E-state index is 0.161. The Kier molecular flexibility index (Phi) is 4.68. The summed E-state index contributed by atoms with van der Waals surface area (Å²) in [6.07, 6.45) is 5.31. The van der Waals surface area contributed by atoms with Gasteiger partial charge in [0.05, 0.1) is 17.1 Å². The first kappa shape index (κ1) is 15.2. The van der Waals surface area contributed by atoms with E-state index in [0.29, 0.717) is 11.3 Å². The Morgan fingerprint density at radius 2 is 1.74 bits per heavy atom. The van der Waals surface area contributed by atoms with E-state index in [1.165, 1.54) is 0 Å². The number of amides is 1. The molecule has 2 aromatic heterocycles. The number of nitrogens with zero attached hydrogens (tertiary/aromatic N) is 2. The maximum absolute atomic E-state index is 12.5. The molecular formula is C18H15N3OS. The molecule has 0 unspecified atom stereocenters. The van der Waals surface area contributed by atoms with Gasteiger partial charge in [0, 0.05) is 22.9 Å². The number of hydrogen-bond acceptors (Lipinski definition) is 4. The van der Waals surface area contributed by atoms with E-state index in [4.69, 9.17) is 0 Å². The highest BCUT2D eigenvalue weighted by molar-refractivity contribution is 7.98. The van der Waals surface area contributed by atoms with Crippen molar-refractivity contribution < 1.29 is 4.79 Å². The van der Waals surface area contributed by atoms with Gasteiger partial charge in [-0.15, -0.1) is 11.8 Å². The molecule has 5 heteroatoms. The van der Waals surface area contributed by atoms with E-state index in [2.05, 4.69) is 15.3 Å². The normalized spacial score (nSPS) is 10.3. The number of benzene rings is 1. The zero-order valence-electron chi connectivity index (χ0n) is 12.6. The summed E-state index contributed by atoms with van der Waals surface area (Å²) in [4.78, 5) is 22.1. The van der Waals surface area contributed by atoms with Crippen molar-refractivity contribution in [3.8, 4) is 11.4 Å². The molecule has 114 valence electrons. The minimum Gasteiger partial charge on any atom is -0.321 e. The lowest BCUT2D eigenvalue weighted by Gasteiger charge is -2.09. The lowest BCUT2D eigenvalue weighted by Crippen LogP contribution is -2.12. The molecule has 1 aromatic carbocycles. The van der Waals surface area contributed by atoms with Gasteiger partial charge in [0.25, 0.3) is 5.91 Å². The molecule has 3 rings (SSSR count). The largest absolute Gasteiger partial charge is 0.321 e. The Labute approximate surface area is 139 Å². The van der Waals surface area contributed by atoms with Gasteiger partial charge in [0.15, 0.2) is 0 Å². The fourth-order valence-electron chi connectivity index (χ4n) is 2.17. The third-order valence-electron chi connectivity index (χ3n) is 3.30. The first-order valence-corrected chi connectivity index (χ1v) is 8.32. The average molecular weight is 321 g/mol. The van der Waals surface area contributed by atoms with Crippen molar-refractivity contribution in [3.05, 3.63) is 72.6 Å². The van der Waals surface area contributed by atoms with Crippen molar-refractivity contribution in [2.75, 3.05) is 11.6 Å². The van der Waals surface area contributed by atoms with Crippen molar-refractivity contribution in [2.45, 2.75) is 4.90 Å². The van der Waals surface area contributed by atoms with Gasteiger partial charge in [-0.1, -0.05) is 18.2 Å². The molecule has 2 heterocycles. The minimum atomic E-state index is -0.161. The number of anilines is 1. The van der Waals surface area contributed by atoms with Crippen LogP contribution < -0.4 is 5.32 Å². The molecule has 0 aliphatic rings. The Morgan fingerprint density at radius 1 is 0.957 bits per heavy atom. The van der Waals surface area contributed by atoms with Crippen molar-refractivity contribution in [1.29, 1.82) is 0 Å². The number of hydrogen-bond donors (Lipinski definition) is 1. The second-order valence-corrected chi connectivity index (χ2v) is 5.65. The first-order valence-electron chi connectivity index (χ1n) is 7.10. The summed E-state index contributed by atoms with van der Waals surface area (Å²) >= 11 is 1.60. The predicted octanol–water partition coefficient (Wildman–Crippen LogP) is 4.12. The number of aromatic nitrogens is 2. The van der Waals surface area contributed by atoms with Gasteiger partial charge in [-0.25, -0.2) is 0 Å². The summed E-state index contributed by atoms with van der Waals surface area (Å²) in [6, 6.07) is 16.8. The van der Waals surface area contributed by atoms with Crippen LogP contribution in [0.5, 0.6) is 0 Å². The van der Waals surface area contributed by atoms with Crippen molar-refractivity contribution >= 4 is 23.4 Å². The fraction of sp³-hybridized carbons (Fsp3) is 0.0556. The van der Waals surface area contributed by atoms with E-state index in [9.17, 15) is 4.79 Å². The van der Waals surface area contributed by atoms with E-state index in [1.54, 1.807) is 36.3 Å². The Morgan fingerprint density at radius 3 is 2.52 bits per heavy atom. The van der Waals surface area contributed by atoms with Gasteiger partial charge in [-0.2, -0.15) is 0 Å². The molecule has 0 saturated heterocycles. The molecule has 4 nitrogen and oxygen atoms in total. The standard InChI is InChI=1S/C18H15N3OS/c1-23-17-8-3-2-7-15(17)21-18(22)13-9-11-20-16(12-13)14-6-4-5-10-19-14/h2-12H,1H3,(H,21,22). The smallest absolute Gasteiger partial charge is 0.255 e. The Balaban J connectivity index is 1.86. The molecule has 0 saturated carbocycles. The lowest BCUT2D eigenvalue weighted by atomic mass is 10.1. The summed E-state index contributed by atoms with van der Waals surface area (Å²) in [5, 5.41) is 2.95. The van der Waals surface area contributed by atoms with Gasteiger partial charge in [-0.05, 0) is 42.7 Å². The van der Waals surface area contributed by atoms with E-state index in [0.717, 1.165) is 16.3 Å². The van der Waals surface area contributed by atoms with Crippen LogP contribution in [0.4, 0.5) is 5.69 Å². The van der Waals surface area contributed by atoms with E-state index in [1.807, 2.05) is 48.7 Å². The summed E-state index contributed by atoms with van der Waals surface area (Å²) < 4.78 is 0. The van der Waals surface area contributed by atoms with Crippen molar-refractivity contribution in [2.24, 2.45) is 0 Å². The number of carbonyl (C=O) groups is 1. The number of rotatable bonds is 4. The highest BCUT2D eigenvalue weighted by Crippen LogP contribution is 2.25. The molecule has 0 radical (unpaired) electrons. The molecule has 0 atom stereocenters. The summed E-state index contributed by atoms with van der Waals surface area (Å²) in [6.45, 7) is 0. The monoisotopic (exact) mass is 321 g/mol. The quantitative estimate of drug-likeness (QED) is 0.735. The van der Waals surface area contributed by atoms with Crippen LogP contribution >= 0.6 is 11.8 Å². The third-order valence-corrected chi connectivity index (χ3v) is 4.10. The van der Waals surface area contributed by atoms with Gasteiger partial charge in [0.1, 0.15) is 0 Å². The fourth-order valence-corrected chi connectivity index (χ4v) is 2.72. The van der Waals surface area contributed by atoms with Crippen LogP contribution in [0.15, 0.2) is 71.9 Å². The Bertz CT molecular complexity index is 821. The van der Waals surface area contributed by atoms with Gasteiger partial charge in [-0.3, -0.25) is 14.8 Å². The van der Waals surface area contributed by atoms with Crippen molar-refractivity contribution in [3.63, 3.8) is 0 Å². The predicted molar refractivity (Wildman–Crippen MR) is 93.6 cm³/mol. The molecule has 0 bridgehead atoms. The van der Waals surface area contributed by atoms with Gasteiger partial charge >= 0.3 is 0 Å². The van der Waals surface area contributed by atoms with E-state index >= 15 is 0 Å². The molecule has 0 fully saturated rings. The van der Waals surface area contributed by atoms with Crippen LogP contribution in [0.1, 0.15) is 10.4 Å². The number of nitrogens with one attached hydrogen (secondary N) is 1. The first-order chi connectivity index (χ1) is 11.3. The lowest BCUT2D eigenvalue weighted by molar-refractivity contribution is 0.102. The molecule has 23 heavy (non-hydrogen) atoms. The van der Waals surface area contributed by atoms with E-state index < -0.39 is 0 Å². The molecule has 0 aliphatic heterocycles. The van der Waals surface area contributed by atoms with Gasteiger partial charge in [0.2, 0.25) is 0 Å². The summed E-state index contributed by atoms with van der Waals surface area (Å²) in [7, 11) is 0. The van der Waals surface area contributed by atoms with Crippen LogP contribution in [-0.4, -0.2) is 22.1 Å². The van der Waals surface area contributed by atoms with Gasteiger partial charge < -0.3 is 5.32 Å². The van der Waals surface area contributed by atoms with Crippen LogP contribution in [0, 0.1) is 0 Å². The maximum atomic E-state index is 12.5. The second kappa shape index (κ2) is 7.07. The van der Waals surface area contributed by atoms with Crippen molar-refractivity contribution in [1.82, 2.24) is 9.97 Å². The maximum Gasteiger partial charge on any atom is 0.255 e. The number of pyridine rings is 2. The highest BCUT2D eigenvalue weighted by Gasteiger charge is 2.10. The van der Waals surface area contributed by atoms with Crippen LogP contribution in [-0.2, 0) is 0 Å². The molecule has 0 aliphatic carbocycles. The van der Waals surface area contributed by atoms with Crippen LogP contribution in [0.2, 0.25) is 0 Å². The average Bonchev–Trinajstić information content (AvgIpc) is 2.63. The number of carbonyl (C=O) groups excluding carboxylic acids is 1. The Hall–Kier alpha value is -2.66. The SMILES string of the molecule is CSc1ccccc1NC(=O)c1ccnc(-c2ccccn2)c1. The number of para-hydroxylation sites is 1. The molecule has 0 spiro atoms. The van der Waals surface area contributed by atoms with Crippen LogP contribution in [0.25, 0.3) is 11.4 Å². The molecular weight excluding hydrogens is 306 g/mol. The van der Waals surface area contributed by atoms with E-state index in [-0.39, 0.29) is 5.91 Å². The van der Waals surface area contributed by atoms with Crippen LogP contribution in [0.3, 0.4) is 0 Å². The second-order valence-electron chi connectivity index (χ2n) is 4.80. The molecule has 3 aromatic rings. The molecule has 1 N–H and O–H groups in total. The number of thioether (sulfide) groups is 1. The zero-order valence-corrected chi connectivity index (χ0v) is 13.4. The molecule has 1 amide bonds. The summed E-state index contributed by atoms with van der Waals surface area (Å²) in [5.74, 6) is -0.161. The highest BCUT2D eigenvalue weighted by atomic mass is 32.2. The third kappa shape index (κ3) is 3.57. The topological polar surface area (TPSA) is 54.9 Å². The zero-order chi connectivity index (χ0) is 16.1. The summed E-state index contributed by atoms with van der Waals surface area (Å²) in [5.41, 5.74) is 2.78.